The minimum absolute atomic E-state index is 0.121. The Labute approximate surface area is 99.3 Å². The molecule has 5 nitrogen and oxygen atoms in total. The molecule has 92 valence electrons. The average molecular weight is 237 g/mol. The van der Waals surface area contributed by atoms with E-state index in [2.05, 4.69) is 4.74 Å². The highest BCUT2D eigenvalue weighted by Crippen LogP contribution is 2.07. The van der Waals surface area contributed by atoms with Crippen molar-refractivity contribution in [2.24, 2.45) is 7.05 Å². The zero-order chi connectivity index (χ0) is 12.8. The highest BCUT2D eigenvalue weighted by molar-refractivity contribution is 5.88. The maximum Gasteiger partial charge on any atom is 0.337 e. The van der Waals surface area contributed by atoms with Crippen LogP contribution in [0, 0.1) is 0 Å². The number of nitrogens with zero attached hydrogens (tertiary/aromatic N) is 1. The van der Waals surface area contributed by atoms with Crippen molar-refractivity contribution in [3.8, 4) is 0 Å². The molecule has 0 aliphatic rings. The molecule has 0 atom stereocenters. The van der Waals surface area contributed by atoms with E-state index in [4.69, 9.17) is 4.74 Å². The number of methoxy groups -OCH3 is 2. The van der Waals surface area contributed by atoms with Gasteiger partial charge in [0.1, 0.15) is 0 Å². The molecule has 17 heavy (non-hydrogen) atoms. The largest absolute Gasteiger partial charge is 0.504 e. The lowest BCUT2D eigenvalue weighted by Crippen LogP contribution is -2.16. The van der Waals surface area contributed by atoms with Crippen molar-refractivity contribution >= 4 is 5.97 Å². The smallest absolute Gasteiger partial charge is 0.337 e. The number of hydrogen-bond donors (Lipinski definition) is 0. The van der Waals surface area contributed by atoms with E-state index in [1.807, 2.05) is 0 Å². The van der Waals surface area contributed by atoms with Gasteiger partial charge in [0, 0.05) is 25.7 Å². The standard InChI is InChI=1S/C12H15NO4/c1-13-5-4-9(7-11(13)14)6-10(8-16-2)12(15)17-3/h4-5,7-8H,6H2,1-3H3. The molecule has 0 saturated carbocycles. The monoisotopic (exact) mass is 237 g/mol. The summed E-state index contributed by atoms with van der Waals surface area (Å²) in [5, 5.41) is 0. The molecule has 1 heterocycles. The molecule has 0 unspecified atom stereocenters. The molecular formula is C12H15NO4. The number of esters is 1. The number of carbonyl (C=O) groups excluding carboxylic acids is 1. The molecule has 1 aromatic heterocycles. The van der Waals surface area contributed by atoms with E-state index in [1.165, 1.54) is 31.1 Å². The Bertz CT molecular complexity index is 488. The fraction of sp³-hybridized carbons (Fsp3) is 0.333. The Morgan fingerprint density at radius 3 is 2.71 bits per heavy atom. The third kappa shape index (κ3) is 3.48. The second-order valence-corrected chi connectivity index (χ2v) is 3.53. The van der Waals surface area contributed by atoms with E-state index in [9.17, 15) is 9.59 Å². The number of rotatable bonds is 4. The minimum Gasteiger partial charge on any atom is -0.504 e. The van der Waals surface area contributed by atoms with E-state index in [-0.39, 0.29) is 5.56 Å². The molecule has 0 radical (unpaired) electrons. The number of pyridine rings is 1. The Hall–Kier alpha value is -2.04. The molecule has 0 N–H and O–H groups in total. The van der Waals surface area contributed by atoms with Crippen LogP contribution in [0.2, 0.25) is 0 Å². The van der Waals surface area contributed by atoms with Gasteiger partial charge in [0.15, 0.2) is 0 Å². The number of aromatic nitrogens is 1. The summed E-state index contributed by atoms with van der Waals surface area (Å²) in [5.74, 6) is -0.465. The summed E-state index contributed by atoms with van der Waals surface area (Å²) in [5.41, 5.74) is 0.981. The second kappa shape index (κ2) is 5.89. The van der Waals surface area contributed by atoms with Gasteiger partial charge >= 0.3 is 5.97 Å². The van der Waals surface area contributed by atoms with Crippen molar-refractivity contribution in [1.82, 2.24) is 4.57 Å². The summed E-state index contributed by atoms with van der Waals surface area (Å²) >= 11 is 0. The lowest BCUT2D eigenvalue weighted by molar-refractivity contribution is -0.136. The van der Waals surface area contributed by atoms with Crippen molar-refractivity contribution in [2.45, 2.75) is 6.42 Å². The number of aryl methyl sites for hydroxylation is 1. The average Bonchev–Trinajstić information content (AvgIpc) is 2.32. The maximum absolute atomic E-state index is 11.4. The normalized spacial score (nSPS) is 11.1. The number of carbonyl (C=O) groups is 1. The lowest BCUT2D eigenvalue weighted by atomic mass is 10.1. The van der Waals surface area contributed by atoms with Crippen molar-refractivity contribution in [2.75, 3.05) is 14.2 Å². The number of ether oxygens (including phenoxy) is 2. The topological polar surface area (TPSA) is 57.5 Å². The van der Waals surface area contributed by atoms with E-state index >= 15 is 0 Å². The first-order valence-electron chi connectivity index (χ1n) is 5.04. The fourth-order valence-corrected chi connectivity index (χ4v) is 1.35. The summed E-state index contributed by atoms with van der Waals surface area (Å²) in [7, 11) is 4.42. The van der Waals surface area contributed by atoms with Gasteiger partial charge in [-0.2, -0.15) is 0 Å². The van der Waals surface area contributed by atoms with Crippen LogP contribution < -0.4 is 5.56 Å². The summed E-state index contributed by atoms with van der Waals surface area (Å²) in [6, 6.07) is 3.25. The molecule has 0 saturated heterocycles. The van der Waals surface area contributed by atoms with Crippen LogP contribution in [0.1, 0.15) is 5.56 Å². The molecule has 5 heteroatoms. The predicted molar refractivity (Wildman–Crippen MR) is 62.5 cm³/mol. The van der Waals surface area contributed by atoms with Crippen LogP contribution in [0.5, 0.6) is 0 Å². The van der Waals surface area contributed by atoms with Crippen LogP contribution in [0.15, 0.2) is 35.0 Å². The van der Waals surface area contributed by atoms with Gasteiger partial charge in [0.2, 0.25) is 0 Å². The van der Waals surface area contributed by atoms with Crippen molar-refractivity contribution < 1.29 is 14.3 Å². The summed E-state index contributed by atoms with van der Waals surface area (Å²) in [4.78, 5) is 22.8. The van der Waals surface area contributed by atoms with Gasteiger partial charge in [-0.3, -0.25) is 4.79 Å². The van der Waals surface area contributed by atoms with Crippen molar-refractivity contribution in [3.05, 3.63) is 46.1 Å². The molecule has 0 aromatic carbocycles. The van der Waals surface area contributed by atoms with Gasteiger partial charge in [0.25, 0.3) is 5.56 Å². The predicted octanol–water partition coefficient (Wildman–Crippen LogP) is 0.631. The fourth-order valence-electron chi connectivity index (χ4n) is 1.35. The Kier molecular flexibility index (Phi) is 4.51. The molecule has 0 fully saturated rings. The van der Waals surface area contributed by atoms with Gasteiger partial charge in [-0.1, -0.05) is 0 Å². The third-order valence-corrected chi connectivity index (χ3v) is 2.27. The van der Waals surface area contributed by atoms with Crippen LogP contribution >= 0.6 is 0 Å². The van der Waals surface area contributed by atoms with Crippen molar-refractivity contribution in [3.63, 3.8) is 0 Å². The second-order valence-electron chi connectivity index (χ2n) is 3.53. The minimum atomic E-state index is -0.465. The molecule has 0 bridgehead atoms. The van der Waals surface area contributed by atoms with Crippen LogP contribution in [-0.4, -0.2) is 24.8 Å². The summed E-state index contributed by atoms with van der Waals surface area (Å²) in [6.07, 6.45) is 3.28. The summed E-state index contributed by atoms with van der Waals surface area (Å²) < 4.78 is 10.9. The molecule has 0 spiro atoms. The molecule has 1 aromatic rings. The third-order valence-electron chi connectivity index (χ3n) is 2.27. The Morgan fingerprint density at radius 1 is 1.47 bits per heavy atom. The van der Waals surface area contributed by atoms with Gasteiger partial charge in [0.05, 0.1) is 26.1 Å². The SMILES string of the molecule is COC=C(Cc1ccn(C)c(=O)c1)C(=O)OC. The van der Waals surface area contributed by atoms with E-state index in [1.54, 1.807) is 19.3 Å². The first-order valence-corrected chi connectivity index (χ1v) is 5.04. The van der Waals surface area contributed by atoms with Crippen molar-refractivity contribution in [1.29, 1.82) is 0 Å². The van der Waals surface area contributed by atoms with Crippen LogP contribution in [0.3, 0.4) is 0 Å². The molecule has 0 amide bonds. The zero-order valence-corrected chi connectivity index (χ0v) is 10.1. The number of hydrogen-bond acceptors (Lipinski definition) is 4. The highest BCUT2D eigenvalue weighted by Gasteiger charge is 2.11. The Balaban J connectivity index is 2.94. The van der Waals surface area contributed by atoms with Crippen LogP contribution in [-0.2, 0) is 27.7 Å². The Morgan fingerprint density at radius 2 is 2.18 bits per heavy atom. The molecular weight excluding hydrogens is 222 g/mol. The molecule has 0 aliphatic heterocycles. The molecule has 1 rings (SSSR count). The maximum atomic E-state index is 11.4. The quantitative estimate of drug-likeness (QED) is 0.438. The van der Waals surface area contributed by atoms with Gasteiger partial charge in [-0.15, -0.1) is 0 Å². The van der Waals surface area contributed by atoms with E-state index < -0.39 is 5.97 Å². The van der Waals surface area contributed by atoms with Crippen LogP contribution in [0.4, 0.5) is 0 Å². The van der Waals surface area contributed by atoms with Crippen LogP contribution in [0.25, 0.3) is 0 Å². The first kappa shape index (κ1) is 13.0. The summed E-state index contributed by atoms with van der Waals surface area (Å²) in [6.45, 7) is 0. The highest BCUT2D eigenvalue weighted by atomic mass is 16.5. The first-order chi connectivity index (χ1) is 8.08. The van der Waals surface area contributed by atoms with Gasteiger partial charge in [-0.25, -0.2) is 4.79 Å². The zero-order valence-electron chi connectivity index (χ0n) is 10.1. The molecule has 0 aliphatic carbocycles. The van der Waals surface area contributed by atoms with Gasteiger partial charge < -0.3 is 14.0 Å². The van der Waals surface area contributed by atoms with E-state index in [0.717, 1.165) is 5.56 Å². The lowest BCUT2D eigenvalue weighted by Gasteiger charge is -2.05. The van der Waals surface area contributed by atoms with E-state index in [0.29, 0.717) is 12.0 Å². The van der Waals surface area contributed by atoms with Gasteiger partial charge in [-0.05, 0) is 11.6 Å².